The average Bonchev–Trinajstić information content (AvgIpc) is 2.38. The van der Waals surface area contributed by atoms with Crippen LogP contribution in [-0.2, 0) is 0 Å². The van der Waals surface area contributed by atoms with E-state index in [4.69, 9.17) is 0 Å². The molecule has 0 aliphatic rings. The Morgan fingerprint density at radius 3 is 2.06 bits per heavy atom. The first kappa shape index (κ1) is 11.8. The van der Waals surface area contributed by atoms with Crippen molar-refractivity contribution in [3.05, 3.63) is 66.0 Å². The van der Waals surface area contributed by atoms with Crippen LogP contribution in [0.3, 0.4) is 0 Å². The van der Waals surface area contributed by atoms with Crippen LogP contribution < -0.4 is 5.32 Å². The van der Waals surface area contributed by atoms with Gasteiger partial charge in [-0.25, -0.2) is 0 Å². The van der Waals surface area contributed by atoms with Crippen LogP contribution in [0.5, 0.6) is 0 Å². The van der Waals surface area contributed by atoms with Gasteiger partial charge in [0, 0.05) is 18.4 Å². The van der Waals surface area contributed by atoms with E-state index in [0.29, 0.717) is 6.04 Å². The van der Waals surface area contributed by atoms with E-state index in [-0.39, 0.29) is 6.04 Å². The Morgan fingerprint density at radius 2 is 1.47 bits per heavy atom. The van der Waals surface area contributed by atoms with E-state index in [1.807, 2.05) is 18.5 Å². The highest BCUT2D eigenvalue weighted by Gasteiger charge is 2.13. The Balaban J connectivity index is 2.32. The molecular weight excluding hydrogens is 208 g/mol. The molecule has 88 valence electrons. The van der Waals surface area contributed by atoms with Crippen molar-refractivity contribution in [3.63, 3.8) is 0 Å². The second kappa shape index (κ2) is 5.60. The number of benzene rings is 1. The van der Waals surface area contributed by atoms with Crippen molar-refractivity contribution in [2.45, 2.75) is 25.9 Å². The Hall–Kier alpha value is -1.67. The first-order valence-electron chi connectivity index (χ1n) is 5.98. The molecule has 2 aromatic rings. The van der Waals surface area contributed by atoms with Gasteiger partial charge in [0.1, 0.15) is 0 Å². The molecule has 0 amide bonds. The fourth-order valence-electron chi connectivity index (χ4n) is 1.92. The molecule has 0 radical (unpaired) electrons. The van der Waals surface area contributed by atoms with Gasteiger partial charge in [-0.3, -0.25) is 4.98 Å². The number of hydrogen-bond acceptors (Lipinski definition) is 2. The van der Waals surface area contributed by atoms with E-state index in [1.165, 1.54) is 11.1 Å². The Kier molecular flexibility index (Phi) is 3.89. The second-order valence-corrected chi connectivity index (χ2v) is 4.45. The predicted octanol–water partition coefficient (Wildman–Crippen LogP) is 3.17. The quantitative estimate of drug-likeness (QED) is 0.866. The molecule has 0 saturated carbocycles. The summed E-state index contributed by atoms with van der Waals surface area (Å²) >= 11 is 0. The fraction of sp³-hybridized carbons (Fsp3) is 0.267. The zero-order valence-electron chi connectivity index (χ0n) is 10.3. The Labute approximate surface area is 103 Å². The van der Waals surface area contributed by atoms with Crippen molar-refractivity contribution in [1.82, 2.24) is 10.3 Å². The van der Waals surface area contributed by atoms with Crippen LogP contribution in [0.4, 0.5) is 0 Å². The Bertz CT molecular complexity index is 397. The van der Waals surface area contributed by atoms with Gasteiger partial charge in [0.25, 0.3) is 0 Å². The zero-order valence-corrected chi connectivity index (χ0v) is 10.3. The minimum Gasteiger partial charge on any atom is -0.304 e. The number of rotatable bonds is 4. The summed E-state index contributed by atoms with van der Waals surface area (Å²) in [6.07, 6.45) is 3.68. The van der Waals surface area contributed by atoms with Crippen molar-refractivity contribution in [2.75, 3.05) is 0 Å². The lowest BCUT2D eigenvalue weighted by Gasteiger charge is -2.22. The maximum absolute atomic E-state index is 4.07. The summed E-state index contributed by atoms with van der Waals surface area (Å²) in [5.74, 6) is 0. The summed E-state index contributed by atoms with van der Waals surface area (Å²) in [6.45, 7) is 4.33. The molecule has 0 aliphatic heterocycles. The summed E-state index contributed by atoms with van der Waals surface area (Å²) in [5.41, 5.74) is 2.53. The summed E-state index contributed by atoms with van der Waals surface area (Å²) in [5, 5.41) is 3.58. The number of aromatic nitrogens is 1. The standard InChI is InChI=1S/C15H18N2/c1-12(2)17-15(13-6-4-3-5-7-13)14-8-10-16-11-9-14/h3-12,15,17H,1-2H3. The first-order valence-corrected chi connectivity index (χ1v) is 5.98. The van der Waals surface area contributed by atoms with Gasteiger partial charge in [0.15, 0.2) is 0 Å². The van der Waals surface area contributed by atoms with E-state index in [1.54, 1.807) is 0 Å². The molecule has 1 aromatic carbocycles. The molecule has 2 rings (SSSR count). The van der Waals surface area contributed by atoms with Crippen molar-refractivity contribution < 1.29 is 0 Å². The van der Waals surface area contributed by atoms with E-state index in [0.717, 1.165) is 0 Å². The van der Waals surface area contributed by atoms with Gasteiger partial charge in [-0.05, 0) is 37.1 Å². The van der Waals surface area contributed by atoms with Crippen molar-refractivity contribution in [1.29, 1.82) is 0 Å². The van der Waals surface area contributed by atoms with Crippen LogP contribution in [0.25, 0.3) is 0 Å². The lowest BCUT2D eigenvalue weighted by atomic mass is 9.99. The largest absolute Gasteiger partial charge is 0.304 e. The van der Waals surface area contributed by atoms with Crippen LogP contribution in [-0.4, -0.2) is 11.0 Å². The topological polar surface area (TPSA) is 24.9 Å². The van der Waals surface area contributed by atoms with Crippen LogP contribution in [0.15, 0.2) is 54.9 Å². The lowest BCUT2D eigenvalue weighted by molar-refractivity contribution is 0.528. The summed E-state index contributed by atoms with van der Waals surface area (Å²) in [6, 6.07) is 15.3. The number of hydrogen-bond donors (Lipinski definition) is 1. The van der Waals surface area contributed by atoms with Gasteiger partial charge in [0.2, 0.25) is 0 Å². The van der Waals surface area contributed by atoms with Crippen molar-refractivity contribution in [2.24, 2.45) is 0 Å². The van der Waals surface area contributed by atoms with Gasteiger partial charge in [-0.1, -0.05) is 30.3 Å². The fourth-order valence-corrected chi connectivity index (χ4v) is 1.92. The molecule has 17 heavy (non-hydrogen) atoms. The zero-order chi connectivity index (χ0) is 12.1. The molecule has 2 nitrogen and oxygen atoms in total. The van der Waals surface area contributed by atoms with Crippen LogP contribution >= 0.6 is 0 Å². The highest BCUT2D eigenvalue weighted by atomic mass is 14.9. The monoisotopic (exact) mass is 226 g/mol. The molecule has 1 aromatic heterocycles. The average molecular weight is 226 g/mol. The molecule has 0 saturated heterocycles. The number of nitrogens with one attached hydrogen (secondary N) is 1. The molecule has 1 atom stereocenters. The summed E-state index contributed by atoms with van der Waals surface area (Å²) < 4.78 is 0. The third-order valence-electron chi connectivity index (χ3n) is 2.67. The summed E-state index contributed by atoms with van der Waals surface area (Å²) in [7, 11) is 0. The predicted molar refractivity (Wildman–Crippen MR) is 70.8 cm³/mol. The van der Waals surface area contributed by atoms with Crippen LogP contribution in [0.2, 0.25) is 0 Å². The van der Waals surface area contributed by atoms with Crippen LogP contribution in [0, 0.1) is 0 Å². The van der Waals surface area contributed by atoms with E-state index < -0.39 is 0 Å². The first-order chi connectivity index (χ1) is 8.27. The third kappa shape index (κ3) is 3.14. The molecule has 0 aliphatic carbocycles. The minimum absolute atomic E-state index is 0.235. The van der Waals surface area contributed by atoms with Crippen molar-refractivity contribution >= 4 is 0 Å². The molecule has 2 heteroatoms. The molecular formula is C15H18N2. The highest BCUT2D eigenvalue weighted by molar-refractivity contribution is 5.30. The van der Waals surface area contributed by atoms with E-state index in [2.05, 4.69) is 60.5 Å². The summed E-state index contributed by atoms with van der Waals surface area (Å²) in [4.78, 5) is 4.07. The normalized spacial score (nSPS) is 12.6. The van der Waals surface area contributed by atoms with Crippen LogP contribution in [0.1, 0.15) is 31.0 Å². The van der Waals surface area contributed by atoms with E-state index >= 15 is 0 Å². The van der Waals surface area contributed by atoms with Gasteiger partial charge in [-0.2, -0.15) is 0 Å². The molecule has 0 spiro atoms. The molecule has 0 fully saturated rings. The molecule has 1 heterocycles. The van der Waals surface area contributed by atoms with Gasteiger partial charge in [-0.15, -0.1) is 0 Å². The maximum Gasteiger partial charge on any atom is 0.0579 e. The molecule has 1 unspecified atom stereocenters. The Morgan fingerprint density at radius 1 is 0.882 bits per heavy atom. The maximum atomic E-state index is 4.07. The molecule has 1 N–H and O–H groups in total. The van der Waals surface area contributed by atoms with Gasteiger partial charge >= 0.3 is 0 Å². The SMILES string of the molecule is CC(C)NC(c1ccccc1)c1ccncc1. The third-order valence-corrected chi connectivity index (χ3v) is 2.67. The number of pyridine rings is 1. The molecule has 0 bridgehead atoms. The van der Waals surface area contributed by atoms with Crippen molar-refractivity contribution in [3.8, 4) is 0 Å². The number of nitrogens with zero attached hydrogens (tertiary/aromatic N) is 1. The van der Waals surface area contributed by atoms with Gasteiger partial charge < -0.3 is 5.32 Å². The minimum atomic E-state index is 0.235. The second-order valence-electron chi connectivity index (χ2n) is 4.45. The van der Waals surface area contributed by atoms with E-state index in [9.17, 15) is 0 Å². The highest BCUT2D eigenvalue weighted by Crippen LogP contribution is 2.21. The van der Waals surface area contributed by atoms with Gasteiger partial charge in [0.05, 0.1) is 6.04 Å². The lowest BCUT2D eigenvalue weighted by Crippen LogP contribution is -2.28. The smallest absolute Gasteiger partial charge is 0.0579 e.